The van der Waals surface area contributed by atoms with E-state index in [0.29, 0.717) is 22.1 Å². The van der Waals surface area contributed by atoms with Gasteiger partial charge >= 0.3 is 0 Å². The Bertz CT molecular complexity index is 956. The predicted molar refractivity (Wildman–Crippen MR) is 114 cm³/mol. The number of hydrogen-bond donors (Lipinski definition) is 0. The van der Waals surface area contributed by atoms with Crippen molar-refractivity contribution in [2.75, 3.05) is 0 Å². The molecule has 1 radical (unpaired) electrons. The van der Waals surface area contributed by atoms with E-state index in [2.05, 4.69) is 0 Å². The van der Waals surface area contributed by atoms with Gasteiger partial charge in [-0.25, -0.2) is 8.78 Å². The van der Waals surface area contributed by atoms with Crippen LogP contribution in [0.5, 0.6) is 11.5 Å². The second-order valence-electron chi connectivity index (χ2n) is 6.67. The van der Waals surface area contributed by atoms with Crippen LogP contribution in [0.3, 0.4) is 0 Å². The summed E-state index contributed by atoms with van der Waals surface area (Å²) in [6.07, 6.45) is 0. The highest BCUT2D eigenvalue weighted by Crippen LogP contribution is 2.36. The number of allylic oxidation sites excluding steroid dienone is 1. The van der Waals surface area contributed by atoms with Gasteiger partial charge in [0, 0.05) is 16.1 Å². The Balaban J connectivity index is 1.94. The van der Waals surface area contributed by atoms with Gasteiger partial charge in [-0.15, -0.1) is 0 Å². The molecule has 28 heavy (non-hydrogen) atoms. The molecule has 1 atom stereocenters. The summed E-state index contributed by atoms with van der Waals surface area (Å²) in [5, 5.41) is 0.481. The van der Waals surface area contributed by atoms with Gasteiger partial charge in [0.05, 0.1) is 8.80 Å². The smallest absolute Gasteiger partial charge is 0.162 e. The molecule has 0 N–H and O–H groups in total. The minimum Gasteiger partial charge on any atom is -0.457 e. The van der Waals surface area contributed by atoms with Gasteiger partial charge in [-0.1, -0.05) is 67.2 Å². The number of rotatable bonds is 6. The lowest BCUT2D eigenvalue weighted by molar-refractivity contribution is 0.481. The number of para-hydroxylation sites is 1. The van der Waals surface area contributed by atoms with Crippen molar-refractivity contribution in [3.8, 4) is 11.5 Å². The molecule has 0 heterocycles. The summed E-state index contributed by atoms with van der Waals surface area (Å²) in [7, 11) is -1.23. The third kappa shape index (κ3) is 4.88. The van der Waals surface area contributed by atoms with Crippen molar-refractivity contribution < 1.29 is 13.5 Å². The van der Waals surface area contributed by atoms with Gasteiger partial charge in [0.25, 0.3) is 0 Å². The number of ether oxygens (including phenoxy) is 1. The molecule has 1 unspecified atom stereocenters. The molecule has 0 aliphatic carbocycles. The lowest BCUT2D eigenvalue weighted by Crippen LogP contribution is -2.17. The molecule has 1 nitrogen and oxygen atoms in total. The normalized spacial score (nSPS) is 13.2. The standard InChI is InChI=1S/C23H20ClF2OSi/c1-28(2)23(22(26)21(25)16-11-13-18(24)14-12-16)17-7-6-10-20(15-17)27-19-8-4-3-5-9-19/h3-15,23H,1-2H3. The van der Waals surface area contributed by atoms with Gasteiger partial charge < -0.3 is 4.74 Å². The van der Waals surface area contributed by atoms with Crippen molar-refractivity contribution in [1.82, 2.24) is 0 Å². The second-order valence-corrected chi connectivity index (χ2v) is 9.84. The quantitative estimate of drug-likeness (QED) is 0.374. The molecule has 0 saturated carbocycles. The van der Waals surface area contributed by atoms with Crippen LogP contribution in [0.25, 0.3) is 5.83 Å². The van der Waals surface area contributed by atoms with Gasteiger partial charge in [0.15, 0.2) is 5.83 Å². The summed E-state index contributed by atoms with van der Waals surface area (Å²) < 4.78 is 35.9. The Kier molecular flexibility index (Phi) is 6.65. The third-order valence-electron chi connectivity index (χ3n) is 4.31. The van der Waals surface area contributed by atoms with Crippen LogP contribution in [-0.2, 0) is 0 Å². The predicted octanol–water partition coefficient (Wildman–Crippen LogP) is 7.82. The molecule has 3 aromatic rings. The summed E-state index contributed by atoms with van der Waals surface area (Å²) in [5.41, 5.74) is 0.265. The van der Waals surface area contributed by atoms with E-state index in [0.717, 1.165) is 0 Å². The van der Waals surface area contributed by atoms with E-state index < -0.39 is 26.0 Å². The lowest BCUT2D eigenvalue weighted by Gasteiger charge is -2.20. The molecule has 0 aliphatic rings. The maximum absolute atomic E-state index is 15.2. The molecule has 3 aromatic carbocycles. The highest BCUT2D eigenvalue weighted by Gasteiger charge is 2.26. The van der Waals surface area contributed by atoms with Crippen molar-refractivity contribution in [2.45, 2.75) is 18.6 Å². The molecule has 143 valence electrons. The fourth-order valence-corrected chi connectivity index (χ4v) is 4.58. The molecule has 0 saturated heterocycles. The highest BCUT2D eigenvalue weighted by molar-refractivity contribution is 6.58. The molecule has 0 aromatic heterocycles. The number of hydrogen-bond acceptors (Lipinski definition) is 1. The van der Waals surface area contributed by atoms with Crippen LogP contribution in [0.15, 0.2) is 84.7 Å². The summed E-state index contributed by atoms with van der Waals surface area (Å²) in [6.45, 7) is 3.93. The van der Waals surface area contributed by atoms with E-state index in [1.807, 2.05) is 55.6 Å². The van der Waals surface area contributed by atoms with E-state index in [9.17, 15) is 4.39 Å². The van der Waals surface area contributed by atoms with Crippen LogP contribution in [0.1, 0.15) is 16.7 Å². The monoisotopic (exact) mass is 413 g/mol. The maximum atomic E-state index is 15.2. The van der Waals surface area contributed by atoms with Crippen LogP contribution >= 0.6 is 11.6 Å². The van der Waals surface area contributed by atoms with Crippen molar-refractivity contribution in [3.05, 3.63) is 101 Å². The molecule has 5 heteroatoms. The van der Waals surface area contributed by atoms with Gasteiger partial charge in [-0.05, 0) is 42.0 Å². The first-order valence-electron chi connectivity index (χ1n) is 8.89. The zero-order valence-corrected chi connectivity index (χ0v) is 17.4. The Hall–Kier alpha value is -2.43. The zero-order valence-electron chi connectivity index (χ0n) is 15.6. The second kappa shape index (κ2) is 9.17. The first-order valence-corrected chi connectivity index (χ1v) is 11.8. The largest absolute Gasteiger partial charge is 0.457 e. The first-order chi connectivity index (χ1) is 13.5. The summed E-state index contributed by atoms with van der Waals surface area (Å²) in [5.74, 6) is -0.310. The average Bonchev–Trinajstić information content (AvgIpc) is 2.69. The van der Waals surface area contributed by atoms with Crippen LogP contribution in [0.2, 0.25) is 18.1 Å². The molecule has 0 aliphatic heterocycles. The summed E-state index contributed by atoms with van der Waals surface area (Å²) >= 11 is 5.85. The third-order valence-corrected chi connectivity index (χ3v) is 6.30. The van der Waals surface area contributed by atoms with E-state index in [4.69, 9.17) is 16.3 Å². The van der Waals surface area contributed by atoms with Crippen molar-refractivity contribution in [2.24, 2.45) is 0 Å². The van der Waals surface area contributed by atoms with Crippen LogP contribution in [-0.4, -0.2) is 8.80 Å². The van der Waals surface area contributed by atoms with Gasteiger partial charge in [0.1, 0.15) is 17.3 Å². The highest BCUT2D eigenvalue weighted by atomic mass is 35.5. The van der Waals surface area contributed by atoms with E-state index in [-0.39, 0.29) is 5.56 Å². The maximum Gasteiger partial charge on any atom is 0.162 e. The van der Waals surface area contributed by atoms with E-state index >= 15 is 4.39 Å². The Morgan fingerprint density at radius 3 is 2.14 bits per heavy atom. The molecule has 0 amide bonds. The van der Waals surface area contributed by atoms with Crippen molar-refractivity contribution in [3.63, 3.8) is 0 Å². The van der Waals surface area contributed by atoms with E-state index in [1.54, 1.807) is 24.3 Å². The lowest BCUT2D eigenvalue weighted by atomic mass is 10.1. The molecule has 3 rings (SSSR count). The van der Waals surface area contributed by atoms with Crippen LogP contribution in [0, 0.1) is 0 Å². The Morgan fingerprint density at radius 1 is 0.857 bits per heavy atom. The number of benzene rings is 3. The van der Waals surface area contributed by atoms with Gasteiger partial charge in [0.2, 0.25) is 0 Å². The summed E-state index contributed by atoms with van der Waals surface area (Å²) in [6, 6.07) is 22.6. The first kappa shape index (κ1) is 20.3. The Labute approximate surface area is 170 Å². The topological polar surface area (TPSA) is 9.23 Å². The van der Waals surface area contributed by atoms with Crippen molar-refractivity contribution >= 4 is 26.2 Å². The molecule has 0 bridgehead atoms. The minimum absolute atomic E-state index is 0.187. The Morgan fingerprint density at radius 2 is 1.50 bits per heavy atom. The zero-order chi connectivity index (χ0) is 20.1. The fourth-order valence-electron chi connectivity index (χ4n) is 2.98. The van der Waals surface area contributed by atoms with Crippen molar-refractivity contribution in [1.29, 1.82) is 0 Å². The molecule has 0 spiro atoms. The van der Waals surface area contributed by atoms with Gasteiger partial charge in [-0.3, -0.25) is 0 Å². The SMILES string of the molecule is C[Si](C)C(C(F)=C(F)c1ccc(Cl)cc1)c1cccc(Oc2ccccc2)c1. The number of halogens is 3. The van der Waals surface area contributed by atoms with E-state index in [1.165, 1.54) is 12.1 Å². The fraction of sp³-hybridized carbons (Fsp3) is 0.130. The molecular weight excluding hydrogens is 394 g/mol. The molecule has 0 fully saturated rings. The summed E-state index contributed by atoms with van der Waals surface area (Å²) in [4.78, 5) is 0. The van der Waals surface area contributed by atoms with Gasteiger partial charge in [-0.2, -0.15) is 0 Å². The van der Waals surface area contributed by atoms with Crippen LogP contribution < -0.4 is 4.74 Å². The molecular formula is C23H20ClF2OSi. The minimum atomic E-state index is -1.23. The average molecular weight is 414 g/mol. The van der Waals surface area contributed by atoms with Crippen LogP contribution in [0.4, 0.5) is 8.78 Å².